The van der Waals surface area contributed by atoms with Crippen LogP contribution in [0.4, 0.5) is 0 Å². The van der Waals surface area contributed by atoms with E-state index in [0.717, 1.165) is 19.3 Å². The van der Waals surface area contributed by atoms with E-state index < -0.39 is 6.10 Å². The Bertz CT molecular complexity index is 756. The number of aryl methyl sites for hydroxylation is 1. The van der Waals surface area contributed by atoms with E-state index >= 15 is 0 Å². The van der Waals surface area contributed by atoms with Crippen LogP contribution < -0.4 is 10.1 Å². The van der Waals surface area contributed by atoms with Crippen molar-refractivity contribution in [2.75, 3.05) is 13.1 Å². The number of nitrogens with one attached hydrogen (secondary N) is 1. The molecule has 2 amide bonds. The first-order valence-corrected chi connectivity index (χ1v) is 9.95. The predicted molar refractivity (Wildman–Crippen MR) is 109 cm³/mol. The van der Waals surface area contributed by atoms with Crippen molar-refractivity contribution in [2.24, 2.45) is 0 Å². The highest BCUT2D eigenvalue weighted by atomic mass is 16.5. The van der Waals surface area contributed by atoms with E-state index in [-0.39, 0.29) is 17.9 Å². The maximum Gasteiger partial charge on any atom is 0.263 e. The molecular formula is C23H28N2O3. The van der Waals surface area contributed by atoms with E-state index in [2.05, 4.69) is 5.32 Å². The Kier molecular flexibility index (Phi) is 7.06. The van der Waals surface area contributed by atoms with Gasteiger partial charge in [0.1, 0.15) is 5.75 Å². The van der Waals surface area contributed by atoms with E-state index in [1.807, 2.05) is 65.6 Å². The second-order valence-electron chi connectivity index (χ2n) is 7.23. The second kappa shape index (κ2) is 9.93. The minimum Gasteiger partial charge on any atom is -0.481 e. The topological polar surface area (TPSA) is 58.6 Å². The maximum absolute atomic E-state index is 12.6. The first kappa shape index (κ1) is 19.9. The Labute approximate surface area is 166 Å². The van der Waals surface area contributed by atoms with Crippen molar-refractivity contribution < 1.29 is 14.3 Å². The number of likely N-dealkylation sites (tertiary alicyclic amines) is 1. The summed E-state index contributed by atoms with van der Waals surface area (Å²) in [6, 6.07) is 19.6. The van der Waals surface area contributed by atoms with Crippen molar-refractivity contribution in [3.8, 4) is 5.75 Å². The molecule has 28 heavy (non-hydrogen) atoms. The summed E-state index contributed by atoms with van der Waals surface area (Å²) in [7, 11) is 0. The fourth-order valence-corrected chi connectivity index (χ4v) is 3.46. The molecule has 1 atom stereocenters. The van der Waals surface area contributed by atoms with Gasteiger partial charge in [0, 0.05) is 25.6 Å². The number of hydrogen-bond donors (Lipinski definition) is 1. The first-order chi connectivity index (χ1) is 13.6. The summed E-state index contributed by atoms with van der Waals surface area (Å²) in [5.74, 6) is 0.774. The molecule has 5 heteroatoms. The molecule has 2 aromatic carbocycles. The van der Waals surface area contributed by atoms with Gasteiger partial charge in [-0.2, -0.15) is 0 Å². The van der Waals surface area contributed by atoms with Crippen molar-refractivity contribution in [3.63, 3.8) is 0 Å². The van der Waals surface area contributed by atoms with E-state index in [1.54, 1.807) is 6.92 Å². The van der Waals surface area contributed by atoms with Gasteiger partial charge in [-0.15, -0.1) is 0 Å². The quantitative estimate of drug-likeness (QED) is 0.803. The van der Waals surface area contributed by atoms with Gasteiger partial charge in [-0.25, -0.2) is 0 Å². The van der Waals surface area contributed by atoms with Crippen molar-refractivity contribution in [3.05, 3.63) is 66.2 Å². The number of ether oxygens (including phenoxy) is 1. The molecular weight excluding hydrogens is 352 g/mol. The summed E-state index contributed by atoms with van der Waals surface area (Å²) in [5.41, 5.74) is 1.17. The minimum absolute atomic E-state index is 0.00212. The zero-order chi connectivity index (χ0) is 19.8. The fourth-order valence-electron chi connectivity index (χ4n) is 3.46. The zero-order valence-electron chi connectivity index (χ0n) is 16.3. The molecule has 3 rings (SSSR count). The number of rotatable bonds is 7. The van der Waals surface area contributed by atoms with Gasteiger partial charge in [0.2, 0.25) is 5.91 Å². The molecule has 1 fully saturated rings. The van der Waals surface area contributed by atoms with Crippen LogP contribution in [-0.4, -0.2) is 41.9 Å². The van der Waals surface area contributed by atoms with Gasteiger partial charge >= 0.3 is 0 Å². The number of nitrogens with zero attached hydrogens (tertiary/aromatic N) is 1. The summed E-state index contributed by atoms with van der Waals surface area (Å²) < 4.78 is 5.73. The molecule has 0 radical (unpaired) electrons. The Morgan fingerprint density at radius 1 is 1.04 bits per heavy atom. The average Bonchev–Trinajstić information content (AvgIpc) is 2.74. The lowest BCUT2D eigenvalue weighted by molar-refractivity contribution is -0.139. The number of para-hydroxylation sites is 1. The van der Waals surface area contributed by atoms with Gasteiger partial charge in [-0.05, 0) is 43.9 Å². The number of hydrogen-bond acceptors (Lipinski definition) is 3. The standard InChI is InChI=1S/C23H28N2O3/c1-18(28-21-10-6-3-7-11-21)23(27)25-16-14-20(15-17-25)24-22(26)13-12-19-8-4-2-5-9-19/h2-11,18,20H,12-17H2,1H3,(H,24,26)/t18-/m1/s1. The SMILES string of the molecule is C[C@@H](Oc1ccccc1)C(=O)N1CCC(NC(=O)CCc2ccccc2)CC1. The van der Waals surface area contributed by atoms with Crippen LogP contribution in [0.3, 0.4) is 0 Å². The Balaban J connectivity index is 1.38. The third-order valence-corrected chi connectivity index (χ3v) is 5.06. The molecule has 1 saturated heterocycles. The smallest absolute Gasteiger partial charge is 0.263 e. The second-order valence-corrected chi connectivity index (χ2v) is 7.23. The van der Waals surface area contributed by atoms with Crippen LogP contribution in [0.25, 0.3) is 0 Å². The number of piperidine rings is 1. The number of carbonyl (C=O) groups excluding carboxylic acids is 2. The Morgan fingerprint density at radius 3 is 2.29 bits per heavy atom. The van der Waals surface area contributed by atoms with Crippen LogP contribution in [0.15, 0.2) is 60.7 Å². The molecule has 0 aliphatic carbocycles. The summed E-state index contributed by atoms with van der Waals surface area (Å²) >= 11 is 0. The van der Waals surface area contributed by atoms with Crippen LogP contribution >= 0.6 is 0 Å². The van der Waals surface area contributed by atoms with Crippen molar-refractivity contribution in [1.82, 2.24) is 10.2 Å². The fraction of sp³-hybridized carbons (Fsp3) is 0.391. The molecule has 1 N–H and O–H groups in total. The highest BCUT2D eigenvalue weighted by Gasteiger charge is 2.27. The van der Waals surface area contributed by atoms with E-state index in [0.29, 0.717) is 25.3 Å². The van der Waals surface area contributed by atoms with Crippen molar-refractivity contribution in [1.29, 1.82) is 0 Å². The molecule has 1 aliphatic heterocycles. The largest absolute Gasteiger partial charge is 0.481 e. The summed E-state index contributed by atoms with van der Waals surface area (Å²) in [4.78, 5) is 26.6. The van der Waals surface area contributed by atoms with E-state index in [4.69, 9.17) is 4.74 Å². The molecule has 1 heterocycles. The lowest BCUT2D eigenvalue weighted by atomic mass is 10.0. The Morgan fingerprint density at radius 2 is 1.64 bits per heavy atom. The van der Waals surface area contributed by atoms with Crippen LogP contribution in [0.1, 0.15) is 31.7 Å². The van der Waals surface area contributed by atoms with Gasteiger partial charge in [-0.1, -0.05) is 48.5 Å². The highest BCUT2D eigenvalue weighted by molar-refractivity contribution is 5.81. The predicted octanol–water partition coefficient (Wildman–Crippen LogP) is 3.19. The van der Waals surface area contributed by atoms with E-state index in [1.165, 1.54) is 5.56 Å². The van der Waals surface area contributed by atoms with Crippen molar-refractivity contribution in [2.45, 2.75) is 44.8 Å². The van der Waals surface area contributed by atoms with Gasteiger partial charge < -0.3 is 15.0 Å². The summed E-state index contributed by atoms with van der Waals surface area (Å²) in [5, 5.41) is 3.11. The van der Waals surface area contributed by atoms with Crippen LogP contribution in [0.5, 0.6) is 5.75 Å². The molecule has 1 aliphatic rings. The lowest BCUT2D eigenvalue weighted by Gasteiger charge is -2.33. The van der Waals surface area contributed by atoms with Gasteiger partial charge in [0.25, 0.3) is 5.91 Å². The van der Waals surface area contributed by atoms with Crippen LogP contribution in [0, 0.1) is 0 Å². The molecule has 0 spiro atoms. The third-order valence-electron chi connectivity index (χ3n) is 5.06. The first-order valence-electron chi connectivity index (χ1n) is 9.95. The van der Waals surface area contributed by atoms with Gasteiger partial charge in [-0.3, -0.25) is 9.59 Å². The third kappa shape index (κ3) is 5.84. The molecule has 0 bridgehead atoms. The van der Waals surface area contributed by atoms with E-state index in [9.17, 15) is 9.59 Å². The molecule has 2 aromatic rings. The van der Waals surface area contributed by atoms with Crippen molar-refractivity contribution >= 4 is 11.8 Å². The minimum atomic E-state index is -0.514. The number of amides is 2. The zero-order valence-corrected chi connectivity index (χ0v) is 16.3. The van der Waals surface area contributed by atoms with Gasteiger partial charge in [0.05, 0.1) is 0 Å². The molecule has 5 nitrogen and oxygen atoms in total. The summed E-state index contributed by atoms with van der Waals surface area (Å²) in [6.07, 6.45) is 2.28. The van der Waals surface area contributed by atoms with Crippen LogP contribution in [0.2, 0.25) is 0 Å². The Hall–Kier alpha value is -2.82. The number of carbonyl (C=O) groups is 2. The normalized spacial score (nSPS) is 15.7. The summed E-state index contributed by atoms with van der Waals surface area (Å²) in [6.45, 7) is 3.07. The molecule has 148 valence electrons. The molecule has 0 aromatic heterocycles. The highest BCUT2D eigenvalue weighted by Crippen LogP contribution is 2.16. The molecule has 0 saturated carbocycles. The maximum atomic E-state index is 12.6. The average molecular weight is 380 g/mol. The van der Waals surface area contributed by atoms with Crippen LogP contribution in [-0.2, 0) is 16.0 Å². The lowest BCUT2D eigenvalue weighted by Crippen LogP contribution is -2.49. The monoisotopic (exact) mass is 380 g/mol. The van der Waals surface area contributed by atoms with Gasteiger partial charge in [0.15, 0.2) is 6.10 Å². The number of benzene rings is 2. The molecule has 0 unspecified atom stereocenters.